The van der Waals surface area contributed by atoms with Crippen LogP contribution in [0.3, 0.4) is 0 Å². The molecule has 11 heteroatoms. The average Bonchev–Trinajstić information content (AvgIpc) is 3.30. The van der Waals surface area contributed by atoms with Crippen molar-refractivity contribution in [1.82, 2.24) is 20.6 Å². The first-order valence-corrected chi connectivity index (χ1v) is 12.6. The molecule has 10 nitrogen and oxygen atoms in total. The van der Waals surface area contributed by atoms with Gasteiger partial charge >= 0.3 is 7.32 Å². The smallest absolute Gasteiger partial charge is 0.498 e. The maximum absolute atomic E-state index is 13.2. The van der Waals surface area contributed by atoms with Crippen LogP contribution in [0.25, 0.3) is 0 Å². The van der Waals surface area contributed by atoms with Crippen LogP contribution in [0.15, 0.2) is 67.1 Å². The van der Waals surface area contributed by atoms with E-state index < -0.39 is 19.3 Å². The molecule has 198 valence electrons. The van der Waals surface area contributed by atoms with Crippen molar-refractivity contribution in [3.05, 3.63) is 83.9 Å². The highest BCUT2D eigenvalue weighted by molar-refractivity contribution is 6.40. The minimum atomic E-state index is -0.867. The first kappa shape index (κ1) is 27.1. The van der Waals surface area contributed by atoms with Gasteiger partial charge in [0.05, 0.1) is 6.20 Å². The van der Waals surface area contributed by atoms with E-state index in [-0.39, 0.29) is 23.7 Å². The van der Waals surface area contributed by atoms with Crippen LogP contribution in [0.4, 0.5) is 0 Å². The molecule has 2 amide bonds. The zero-order valence-corrected chi connectivity index (χ0v) is 21.5. The first-order valence-electron chi connectivity index (χ1n) is 12.6. The molecule has 0 saturated carbocycles. The van der Waals surface area contributed by atoms with Crippen LogP contribution < -0.4 is 25.7 Å². The number of carbonyl (C=O) groups excluding carboxylic acids is 2. The van der Waals surface area contributed by atoms with E-state index in [4.69, 9.17) is 19.7 Å². The summed E-state index contributed by atoms with van der Waals surface area (Å²) < 4.78 is 17.4. The Morgan fingerprint density at radius 2 is 1.82 bits per heavy atom. The molecule has 4 N–H and O–H groups in total. The second-order valence-corrected chi connectivity index (χ2v) is 9.24. The summed E-state index contributed by atoms with van der Waals surface area (Å²) in [6.07, 6.45) is 5.56. The lowest BCUT2D eigenvalue weighted by molar-refractivity contribution is -0.123. The Bertz CT molecular complexity index is 1220. The Morgan fingerprint density at radius 3 is 2.55 bits per heavy atom. The number of nitrogens with zero attached hydrogens (tertiary/aromatic N) is 2. The first-order chi connectivity index (χ1) is 18.4. The molecule has 0 saturated heterocycles. The maximum atomic E-state index is 13.2. The number of rotatable bonds is 12. The van der Waals surface area contributed by atoms with Crippen LogP contribution in [0.5, 0.6) is 11.5 Å². The summed E-state index contributed by atoms with van der Waals surface area (Å²) in [4.78, 5) is 33.9. The van der Waals surface area contributed by atoms with Crippen molar-refractivity contribution in [3.63, 3.8) is 0 Å². The van der Waals surface area contributed by atoms with E-state index in [1.807, 2.05) is 62.4 Å². The molecule has 1 aliphatic rings. The lowest BCUT2D eigenvalue weighted by Crippen LogP contribution is -2.51. The van der Waals surface area contributed by atoms with Crippen molar-refractivity contribution in [3.8, 4) is 11.5 Å². The number of hydrogen-bond acceptors (Lipinski definition) is 8. The maximum Gasteiger partial charge on any atom is 0.788 e. The summed E-state index contributed by atoms with van der Waals surface area (Å²) in [5.41, 5.74) is 7.76. The predicted octanol–water partition coefficient (Wildman–Crippen LogP) is 2.08. The van der Waals surface area contributed by atoms with E-state index in [1.54, 1.807) is 0 Å². The van der Waals surface area contributed by atoms with Crippen molar-refractivity contribution in [1.29, 1.82) is 0 Å². The molecule has 3 atom stereocenters. The lowest BCUT2D eigenvalue weighted by atomic mass is 10.0. The van der Waals surface area contributed by atoms with E-state index in [0.717, 1.165) is 17.5 Å². The molecule has 38 heavy (non-hydrogen) atoms. The Morgan fingerprint density at radius 1 is 1.03 bits per heavy atom. The van der Waals surface area contributed by atoms with E-state index in [9.17, 15) is 9.59 Å². The minimum absolute atomic E-state index is 0.140. The van der Waals surface area contributed by atoms with Crippen LogP contribution in [-0.2, 0) is 22.3 Å². The Labute approximate surface area is 222 Å². The van der Waals surface area contributed by atoms with Gasteiger partial charge in [0.2, 0.25) is 5.91 Å². The molecule has 0 fully saturated rings. The molecular weight excluding hydrogens is 485 g/mol. The van der Waals surface area contributed by atoms with Gasteiger partial charge in [0.25, 0.3) is 5.91 Å². The molecule has 3 aromatic rings. The summed E-state index contributed by atoms with van der Waals surface area (Å²) in [5, 5.41) is 5.78. The third kappa shape index (κ3) is 7.53. The highest BCUT2D eigenvalue weighted by Crippen LogP contribution is 2.34. The molecule has 0 radical (unpaired) electrons. The molecule has 2 aromatic carbocycles. The van der Waals surface area contributed by atoms with Crippen molar-refractivity contribution < 1.29 is 23.6 Å². The normalized spacial score (nSPS) is 14.4. The van der Waals surface area contributed by atoms with Gasteiger partial charge in [-0.3, -0.25) is 14.6 Å². The Kier molecular flexibility index (Phi) is 9.28. The van der Waals surface area contributed by atoms with Gasteiger partial charge in [-0.05, 0) is 56.5 Å². The molecule has 1 unspecified atom stereocenters. The fourth-order valence-corrected chi connectivity index (χ4v) is 4.20. The topological polar surface area (TPSA) is 138 Å². The Balaban J connectivity index is 1.31. The fourth-order valence-electron chi connectivity index (χ4n) is 4.20. The number of nitrogens with one attached hydrogen (secondary N) is 2. The number of hydrogen-bond donors (Lipinski definition) is 3. The second-order valence-electron chi connectivity index (χ2n) is 9.24. The molecule has 2 heterocycles. The van der Waals surface area contributed by atoms with Gasteiger partial charge in [-0.25, -0.2) is 4.98 Å². The van der Waals surface area contributed by atoms with E-state index in [2.05, 4.69) is 20.6 Å². The molecule has 1 aromatic heterocycles. The van der Waals surface area contributed by atoms with Gasteiger partial charge in [-0.15, -0.1) is 0 Å². The third-order valence-electron chi connectivity index (χ3n) is 6.01. The van der Waals surface area contributed by atoms with E-state index in [0.29, 0.717) is 30.9 Å². The predicted molar refractivity (Wildman–Crippen MR) is 142 cm³/mol. The molecule has 0 spiro atoms. The highest BCUT2D eigenvalue weighted by atomic mass is 16.8. The quantitative estimate of drug-likeness (QED) is 0.311. The van der Waals surface area contributed by atoms with Crippen LogP contribution >= 0.6 is 0 Å². The zero-order valence-electron chi connectivity index (χ0n) is 21.5. The minimum Gasteiger partial charge on any atom is -0.498 e. The lowest BCUT2D eigenvalue weighted by Gasteiger charge is -2.23. The highest BCUT2D eigenvalue weighted by Gasteiger charge is 2.37. The molecule has 0 aliphatic carbocycles. The number of nitrogens with two attached hydrogens (primary N) is 1. The van der Waals surface area contributed by atoms with Crippen LogP contribution in [0, 0.1) is 0 Å². The summed E-state index contributed by atoms with van der Waals surface area (Å²) in [6, 6.07) is 14.2. The molecule has 0 bridgehead atoms. The van der Waals surface area contributed by atoms with Crippen LogP contribution in [0.1, 0.15) is 41.9 Å². The monoisotopic (exact) mass is 517 g/mol. The fraction of sp³-hybridized carbons (Fsp3) is 0.333. The number of benzene rings is 2. The number of fused-ring (bicyclic) bond motifs is 1. The van der Waals surface area contributed by atoms with Gasteiger partial charge in [-0.2, -0.15) is 0 Å². The van der Waals surface area contributed by atoms with Gasteiger partial charge in [0.1, 0.15) is 23.2 Å². The SMILES string of the molecule is CC(C[C@@H](C)NC(=O)[C@H](Cc1ccccc1)NC(=O)c1cnccn1)OB1Oc2ccc(CCN)cc2O1. The molecule has 1 aliphatic heterocycles. The average molecular weight is 517 g/mol. The molecule has 4 rings (SSSR count). The summed E-state index contributed by atoms with van der Waals surface area (Å²) in [5.74, 6) is 0.464. The van der Waals surface area contributed by atoms with Crippen molar-refractivity contribution >= 4 is 19.1 Å². The van der Waals surface area contributed by atoms with Gasteiger partial charge in [0.15, 0.2) is 0 Å². The van der Waals surface area contributed by atoms with Crippen molar-refractivity contribution in [2.24, 2.45) is 5.73 Å². The van der Waals surface area contributed by atoms with Gasteiger partial charge in [0, 0.05) is 31.0 Å². The van der Waals surface area contributed by atoms with Crippen LogP contribution in [-0.4, -0.2) is 53.8 Å². The molecular formula is C27H32BN5O5. The summed E-state index contributed by atoms with van der Waals surface area (Å²) >= 11 is 0. The van der Waals surface area contributed by atoms with E-state index >= 15 is 0 Å². The number of amides is 2. The van der Waals surface area contributed by atoms with Crippen LogP contribution in [0.2, 0.25) is 0 Å². The Hall–Kier alpha value is -3.96. The summed E-state index contributed by atoms with van der Waals surface area (Å²) in [7, 11) is -0.867. The largest absolute Gasteiger partial charge is 0.788 e. The zero-order chi connectivity index (χ0) is 26.9. The number of carbonyl (C=O) groups is 2. The van der Waals surface area contributed by atoms with Gasteiger partial charge in [-0.1, -0.05) is 36.4 Å². The third-order valence-corrected chi connectivity index (χ3v) is 6.01. The summed E-state index contributed by atoms with van der Waals surface area (Å²) in [6.45, 7) is 4.32. The van der Waals surface area contributed by atoms with Crippen molar-refractivity contribution in [2.75, 3.05) is 6.54 Å². The van der Waals surface area contributed by atoms with E-state index in [1.165, 1.54) is 18.6 Å². The second kappa shape index (κ2) is 13.0. The standard InChI is InChI=1S/C27H32BN5O5/c1-18(14-19(2)36-28-37-24-9-8-21(10-11-29)16-25(24)38-28)32-26(34)22(15-20-6-4-3-5-7-20)33-27(35)23-17-30-12-13-31-23/h3-9,12-13,16-19,22H,10-11,14-15,29H2,1-2H3,(H,32,34)(H,33,35)/t18-,19?,22+/m1/s1. The van der Waals surface area contributed by atoms with Crippen molar-refractivity contribution in [2.45, 2.75) is 51.3 Å². The van der Waals surface area contributed by atoms with Gasteiger partial charge < -0.3 is 30.3 Å². The number of aromatic nitrogens is 2.